The van der Waals surface area contributed by atoms with E-state index in [-0.39, 0.29) is 5.84 Å². The Bertz CT molecular complexity index is 499. The molecular weight excluding hydrogens is 276 g/mol. The summed E-state index contributed by atoms with van der Waals surface area (Å²) in [6.45, 7) is -0.529. The lowest BCUT2D eigenvalue weighted by molar-refractivity contribution is -0.0693. The fraction of sp³-hybridized carbons (Fsp3) is 0.700. The minimum Gasteiger partial charge on any atom is -0.394 e. The van der Waals surface area contributed by atoms with Crippen LogP contribution < -0.4 is 5.73 Å². The summed E-state index contributed by atoms with van der Waals surface area (Å²) in [7, 11) is 0. The van der Waals surface area contributed by atoms with Crippen LogP contribution in [0.1, 0.15) is 0 Å². The van der Waals surface area contributed by atoms with Gasteiger partial charge in [-0.1, -0.05) is 0 Å². The van der Waals surface area contributed by atoms with Gasteiger partial charge in [0.15, 0.2) is 18.6 Å². The molecule has 0 aromatic rings. The third-order valence-corrected chi connectivity index (χ3v) is 3.48. The monoisotopic (exact) mass is 289 g/mol. The highest BCUT2D eigenvalue weighted by atomic mass is 19.1. The number of fused-ring (bicyclic) bond motifs is 1. The zero-order valence-electron chi connectivity index (χ0n) is 10.2. The first-order chi connectivity index (χ1) is 9.52. The Morgan fingerprint density at radius 3 is 2.90 bits per heavy atom. The van der Waals surface area contributed by atoms with E-state index in [4.69, 9.17) is 15.6 Å². The van der Waals surface area contributed by atoms with Crippen molar-refractivity contribution in [1.29, 1.82) is 0 Å². The average molecular weight is 289 g/mol. The Balaban J connectivity index is 1.83. The quantitative estimate of drug-likeness (QED) is 0.515. The number of amidine groups is 2. The molecule has 0 spiro atoms. The number of hydrogen-bond acceptors (Lipinski definition) is 8. The van der Waals surface area contributed by atoms with E-state index in [9.17, 15) is 13.9 Å². The minimum atomic E-state index is -1.78. The number of aliphatic hydroxyl groups excluding tert-OH is 2. The maximum atomic E-state index is 14.0. The lowest BCUT2D eigenvalue weighted by atomic mass is 10.1. The average Bonchev–Trinajstić information content (AvgIpc) is 2.93. The third kappa shape index (κ3) is 1.87. The van der Waals surface area contributed by atoms with E-state index < -0.39 is 49.5 Å². The SMILES string of the molecule is NC1=NC(F)=NC2C1N=CN2[C@@H]1O[C@H](CO)[C@@H](O)[C@H]1F. The predicted octanol–water partition coefficient (Wildman–Crippen LogP) is -1.86. The molecule has 3 aliphatic heterocycles. The van der Waals surface area contributed by atoms with Crippen molar-refractivity contribution in [3.8, 4) is 0 Å². The molecule has 110 valence electrons. The van der Waals surface area contributed by atoms with Gasteiger partial charge in [0.25, 0.3) is 0 Å². The van der Waals surface area contributed by atoms with Crippen LogP contribution >= 0.6 is 0 Å². The van der Waals surface area contributed by atoms with Crippen molar-refractivity contribution in [2.45, 2.75) is 36.8 Å². The highest BCUT2D eigenvalue weighted by Crippen LogP contribution is 2.31. The van der Waals surface area contributed by atoms with Crippen molar-refractivity contribution in [2.75, 3.05) is 6.61 Å². The summed E-state index contributed by atoms with van der Waals surface area (Å²) in [4.78, 5) is 12.2. The van der Waals surface area contributed by atoms with E-state index in [2.05, 4.69) is 15.0 Å². The Morgan fingerprint density at radius 2 is 2.25 bits per heavy atom. The van der Waals surface area contributed by atoms with E-state index in [1.54, 1.807) is 0 Å². The topological polar surface area (TPSA) is 116 Å². The van der Waals surface area contributed by atoms with Crippen LogP contribution in [-0.2, 0) is 4.74 Å². The molecule has 3 aliphatic rings. The number of ether oxygens (including phenoxy) is 1. The first-order valence-electron chi connectivity index (χ1n) is 5.99. The molecular formula is C10H13F2N5O3. The Morgan fingerprint density at radius 1 is 1.50 bits per heavy atom. The number of aliphatic hydroxyl groups is 2. The number of halogens is 2. The second-order valence-corrected chi connectivity index (χ2v) is 4.69. The standard InChI is InChI=1S/C10H13F2N5O3/c11-4-6(19)3(1-18)20-9(4)17-2-14-5-7(13)15-10(12)16-8(5)17/h2-6,8-9,18-19H,1H2,(H2,13,15,16)/t3-,4-,5?,6-,8?,9-/m1/s1. The maximum Gasteiger partial charge on any atom is 0.307 e. The van der Waals surface area contributed by atoms with Gasteiger partial charge in [-0.15, -0.1) is 0 Å². The van der Waals surface area contributed by atoms with Crippen LogP contribution in [0.2, 0.25) is 0 Å². The van der Waals surface area contributed by atoms with Crippen LogP contribution in [0.5, 0.6) is 0 Å². The van der Waals surface area contributed by atoms with Gasteiger partial charge in [0.2, 0.25) is 0 Å². The molecule has 1 saturated heterocycles. The van der Waals surface area contributed by atoms with Crippen molar-refractivity contribution < 1.29 is 23.7 Å². The van der Waals surface area contributed by atoms with Gasteiger partial charge in [0.1, 0.15) is 24.1 Å². The Hall–Kier alpha value is -1.65. The summed E-state index contributed by atoms with van der Waals surface area (Å²) in [5.74, 6) is -0.0612. The summed E-state index contributed by atoms with van der Waals surface area (Å²) in [5, 5.41) is 18.6. The van der Waals surface area contributed by atoms with Crippen LogP contribution in [0.25, 0.3) is 0 Å². The molecule has 0 aliphatic carbocycles. The fourth-order valence-corrected chi connectivity index (χ4v) is 2.44. The van der Waals surface area contributed by atoms with Gasteiger partial charge in [-0.2, -0.15) is 9.38 Å². The highest BCUT2D eigenvalue weighted by molar-refractivity contribution is 5.99. The molecule has 0 amide bonds. The van der Waals surface area contributed by atoms with E-state index in [0.29, 0.717) is 0 Å². The van der Waals surface area contributed by atoms with Gasteiger partial charge in [-0.05, 0) is 0 Å². The molecule has 4 N–H and O–H groups in total. The lowest BCUT2D eigenvalue weighted by Gasteiger charge is -2.31. The second-order valence-electron chi connectivity index (χ2n) is 4.69. The van der Waals surface area contributed by atoms with E-state index in [0.717, 1.165) is 0 Å². The maximum absolute atomic E-state index is 14.0. The number of hydrogen-bond donors (Lipinski definition) is 3. The first kappa shape index (κ1) is 13.3. The summed E-state index contributed by atoms with van der Waals surface area (Å²) in [5.41, 5.74) is 5.55. The number of alkyl halides is 1. The zero-order chi connectivity index (χ0) is 14.4. The predicted molar refractivity (Wildman–Crippen MR) is 64.7 cm³/mol. The summed E-state index contributed by atoms with van der Waals surface area (Å²) >= 11 is 0. The van der Waals surface area contributed by atoms with Gasteiger partial charge in [-0.3, -0.25) is 4.99 Å². The van der Waals surface area contributed by atoms with Crippen molar-refractivity contribution in [1.82, 2.24) is 4.90 Å². The number of aliphatic imine (C=N–C) groups is 3. The van der Waals surface area contributed by atoms with Crippen LogP contribution in [-0.4, -0.2) is 76.8 Å². The van der Waals surface area contributed by atoms with Crippen molar-refractivity contribution >= 4 is 18.3 Å². The van der Waals surface area contributed by atoms with Crippen LogP contribution in [0.3, 0.4) is 0 Å². The molecule has 0 aromatic carbocycles. The summed E-state index contributed by atoms with van der Waals surface area (Å²) in [6.07, 6.45) is -6.21. The second kappa shape index (κ2) is 4.72. The van der Waals surface area contributed by atoms with Gasteiger partial charge in [0, 0.05) is 0 Å². The molecule has 3 rings (SSSR count). The molecule has 0 saturated carbocycles. The van der Waals surface area contributed by atoms with Gasteiger partial charge < -0.3 is 25.6 Å². The van der Waals surface area contributed by atoms with Gasteiger partial charge in [0.05, 0.1) is 12.9 Å². The number of nitrogens with zero attached hydrogens (tertiary/aromatic N) is 4. The lowest BCUT2D eigenvalue weighted by Crippen LogP contribution is -2.51. The van der Waals surface area contributed by atoms with Crippen LogP contribution in [0.15, 0.2) is 15.0 Å². The molecule has 6 atom stereocenters. The molecule has 1 fully saturated rings. The normalized spacial score (nSPS) is 43.5. The molecule has 20 heavy (non-hydrogen) atoms. The first-order valence-corrected chi connectivity index (χ1v) is 5.99. The van der Waals surface area contributed by atoms with Crippen molar-refractivity contribution in [3.05, 3.63) is 0 Å². The van der Waals surface area contributed by atoms with Gasteiger partial charge in [-0.25, -0.2) is 9.38 Å². The largest absolute Gasteiger partial charge is 0.394 e. The van der Waals surface area contributed by atoms with Crippen LogP contribution in [0.4, 0.5) is 8.78 Å². The smallest absolute Gasteiger partial charge is 0.307 e. The zero-order valence-corrected chi connectivity index (χ0v) is 10.2. The number of nitrogens with two attached hydrogens (primary N) is 1. The van der Waals surface area contributed by atoms with E-state index >= 15 is 0 Å². The molecule has 10 heteroatoms. The number of rotatable bonds is 2. The van der Waals surface area contributed by atoms with Crippen molar-refractivity contribution in [2.24, 2.45) is 20.7 Å². The molecule has 2 unspecified atom stereocenters. The minimum absolute atomic E-state index is 0.0612. The summed E-state index contributed by atoms with van der Waals surface area (Å²) in [6, 6.07) is -0.712. The molecule has 3 heterocycles. The fourth-order valence-electron chi connectivity index (χ4n) is 2.44. The van der Waals surface area contributed by atoms with Gasteiger partial charge >= 0.3 is 6.09 Å². The third-order valence-electron chi connectivity index (χ3n) is 3.48. The van der Waals surface area contributed by atoms with Crippen molar-refractivity contribution in [3.63, 3.8) is 0 Å². The molecule has 0 radical (unpaired) electrons. The van der Waals surface area contributed by atoms with E-state index in [1.165, 1.54) is 11.2 Å². The summed E-state index contributed by atoms with van der Waals surface area (Å²) < 4.78 is 32.5. The van der Waals surface area contributed by atoms with E-state index in [1.807, 2.05) is 0 Å². The highest BCUT2D eigenvalue weighted by Gasteiger charge is 2.51. The molecule has 0 aromatic heterocycles. The Kier molecular flexibility index (Phi) is 3.15. The Labute approximate surface area is 112 Å². The van der Waals surface area contributed by atoms with Crippen LogP contribution in [0, 0.1) is 0 Å². The molecule has 8 nitrogen and oxygen atoms in total. The molecule has 0 bridgehead atoms.